The molecule has 0 heteroatoms. The summed E-state index contributed by atoms with van der Waals surface area (Å²) in [7, 11) is 0. The second-order valence-corrected chi connectivity index (χ2v) is 6.02. The van der Waals surface area contributed by atoms with Crippen LogP contribution in [0.25, 0.3) is 0 Å². The Balaban J connectivity index is 2.62. The lowest BCUT2D eigenvalue weighted by Crippen LogP contribution is -2.30. The minimum atomic E-state index is 0.594. The Hall–Kier alpha value is -0.260. The molecule has 3 unspecified atom stereocenters. The lowest BCUT2D eigenvalue weighted by Gasteiger charge is -2.38. The van der Waals surface area contributed by atoms with E-state index in [0.717, 1.165) is 17.8 Å². The Morgan fingerprint density at radius 3 is 2.60 bits per heavy atom. The van der Waals surface area contributed by atoms with E-state index in [-0.39, 0.29) is 0 Å². The highest BCUT2D eigenvalue weighted by molar-refractivity contribution is 4.94. The Morgan fingerprint density at radius 2 is 2.07 bits per heavy atom. The molecule has 1 fully saturated rings. The fraction of sp³-hybridized carbons (Fsp3) is 0.867. The molecule has 0 spiro atoms. The van der Waals surface area contributed by atoms with E-state index in [4.69, 9.17) is 0 Å². The fourth-order valence-corrected chi connectivity index (χ4v) is 3.61. The lowest BCUT2D eigenvalue weighted by atomic mass is 9.67. The van der Waals surface area contributed by atoms with E-state index < -0.39 is 0 Å². The highest BCUT2D eigenvalue weighted by Gasteiger charge is 2.44. The predicted molar refractivity (Wildman–Crippen MR) is 68.9 cm³/mol. The highest BCUT2D eigenvalue weighted by Crippen LogP contribution is 2.53. The van der Waals surface area contributed by atoms with E-state index in [0.29, 0.717) is 5.41 Å². The molecule has 0 N–H and O–H groups in total. The summed E-state index contributed by atoms with van der Waals surface area (Å²) < 4.78 is 0. The van der Waals surface area contributed by atoms with Gasteiger partial charge in [0.2, 0.25) is 0 Å². The van der Waals surface area contributed by atoms with E-state index in [1.165, 1.54) is 32.1 Å². The van der Waals surface area contributed by atoms with E-state index in [9.17, 15) is 0 Å². The van der Waals surface area contributed by atoms with Crippen molar-refractivity contribution in [1.29, 1.82) is 0 Å². The van der Waals surface area contributed by atoms with Gasteiger partial charge in [0.05, 0.1) is 0 Å². The molecule has 1 aliphatic carbocycles. The number of hydrogen-bond donors (Lipinski definition) is 0. The largest absolute Gasteiger partial charge is 0.103 e. The fourth-order valence-electron chi connectivity index (χ4n) is 3.61. The summed E-state index contributed by atoms with van der Waals surface area (Å²) in [5.41, 5.74) is 0.594. The van der Waals surface area contributed by atoms with E-state index in [2.05, 4.69) is 40.3 Å². The molecule has 0 radical (unpaired) electrons. The molecule has 0 aromatic rings. The van der Waals surface area contributed by atoms with Gasteiger partial charge in [-0.05, 0) is 55.3 Å². The summed E-state index contributed by atoms with van der Waals surface area (Å²) in [6.45, 7) is 13.6. The van der Waals surface area contributed by atoms with Crippen LogP contribution in [0.15, 0.2) is 12.7 Å². The molecular weight excluding hydrogens is 180 g/mol. The van der Waals surface area contributed by atoms with Gasteiger partial charge in [0, 0.05) is 0 Å². The average Bonchev–Trinajstić information content (AvgIpc) is 2.44. The van der Waals surface area contributed by atoms with Crippen LogP contribution in [-0.4, -0.2) is 0 Å². The smallest absolute Gasteiger partial charge is 0.0269 e. The van der Waals surface area contributed by atoms with Crippen LogP contribution in [0.3, 0.4) is 0 Å². The number of rotatable bonds is 5. The Kier molecular flexibility index (Phi) is 4.43. The van der Waals surface area contributed by atoms with Crippen molar-refractivity contribution in [2.45, 2.75) is 59.8 Å². The maximum absolute atomic E-state index is 3.82. The molecule has 0 amide bonds. The summed E-state index contributed by atoms with van der Waals surface area (Å²) >= 11 is 0. The van der Waals surface area contributed by atoms with Crippen molar-refractivity contribution in [2.75, 3.05) is 0 Å². The topological polar surface area (TPSA) is 0 Å². The van der Waals surface area contributed by atoms with E-state index >= 15 is 0 Å². The lowest BCUT2D eigenvalue weighted by molar-refractivity contribution is 0.114. The van der Waals surface area contributed by atoms with Crippen molar-refractivity contribution in [1.82, 2.24) is 0 Å². The summed E-state index contributed by atoms with van der Waals surface area (Å²) in [6, 6.07) is 0. The molecule has 0 aromatic heterocycles. The van der Waals surface area contributed by atoms with Gasteiger partial charge in [-0.2, -0.15) is 0 Å². The number of allylic oxidation sites excluding steroid dienone is 1. The highest BCUT2D eigenvalue weighted by atomic mass is 14.5. The van der Waals surface area contributed by atoms with Gasteiger partial charge in [0.25, 0.3) is 0 Å². The van der Waals surface area contributed by atoms with Crippen molar-refractivity contribution in [3.05, 3.63) is 12.7 Å². The van der Waals surface area contributed by atoms with Crippen LogP contribution in [-0.2, 0) is 0 Å². The molecule has 1 aliphatic rings. The third-order valence-corrected chi connectivity index (χ3v) is 4.81. The zero-order chi connectivity index (χ0) is 11.5. The maximum atomic E-state index is 3.82. The van der Waals surface area contributed by atoms with Crippen molar-refractivity contribution in [3.8, 4) is 0 Å². The van der Waals surface area contributed by atoms with E-state index in [1.54, 1.807) is 0 Å². The standard InChI is InChI=1S/C15H28/c1-6-7-8-11-15(5)13(4)9-10-14(15)12(2)3/h6,12-14H,1,7-11H2,2-5H3. The van der Waals surface area contributed by atoms with Gasteiger partial charge in [-0.3, -0.25) is 0 Å². The van der Waals surface area contributed by atoms with Gasteiger partial charge in [-0.25, -0.2) is 0 Å². The number of hydrogen-bond acceptors (Lipinski definition) is 0. The van der Waals surface area contributed by atoms with Crippen molar-refractivity contribution in [2.24, 2.45) is 23.2 Å². The first-order valence-electron chi connectivity index (χ1n) is 6.63. The average molecular weight is 208 g/mol. The second kappa shape index (κ2) is 5.18. The zero-order valence-electron chi connectivity index (χ0n) is 11.1. The number of unbranched alkanes of at least 4 members (excludes halogenated alkanes) is 1. The van der Waals surface area contributed by atoms with Gasteiger partial charge < -0.3 is 0 Å². The molecule has 0 heterocycles. The molecule has 0 aromatic carbocycles. The third-order valence-electron chi connectivity index (χ3n) is 4.81. The molecule has 1 rings (SSSR count). The van der Waals surface area contributed by atoms with Crippen LogP contribution in [0.4, 0.5) is 0 Å². The van der Waals surface area contributed by atoms with Gasteiger partial charge in [0.15, 0.2) is 0 Å². The van der Waals surface area contributed by atoms with Crippen molar-refractivity contribution in [3.63, 3.8) is 0 Å². The van der Waals surface area contributed by atoms with Gasteiger partial charge in [0.1, 0.15) is 0 Å². The second-order valence-electron chi connectivity index (χ2n) is 6.02. The first-order chi connectivity index (χ1) is 7.02. The Bertz CT molecular complexity index is 204. The first kappa shape index (κ1) is 12.8. The Labute approximate surface area is 96.2 Å². The summed E-state index contributed by atoms with van der Waals surface area (Å²) in [6.07, 6.45) is 8.86. The van der Waals surface area contributed by atoms with Gasteiger partial charge >= 0.3 is 0 Å². The van der Waals surface area contributed by atoms with Crippen LogP contribution in [0.2, 0.25) is 0 Å². The van der Waals surface area contributed by atoms with Crippen LogP contribution < -0.4 is 0 Å². The molecule has 0 saturated heterocycles. The predicted octanol–water partition coefficient (Wildman–Crippen LogP) is 5.05. The Morgan fingerprint density at radius 1 is 1.40 bits per heavy atom. The van der Waals surface area contributed by atoms with E-state index in [1.807, 2.05) is 0 Å². The minimum Gasteiger partial charge on any atom is -0.103 e. The van der Waals surface area contributed by atoms with Crippen LogP contribution in [0.1, 0.15) is 59.8 Å². The summed E-state index contributed by atoms with van der Waals surface area (Å²) in [4.78, 5) is 0. The van der Waals surface area contributed by atoms with Gasteiger partial charge in [-0.1, -0.05) is 33.8 Å². The summed E-state index contributed by atoms with van der Waals surface area (Å²) in [5, 5.41) is 0. The molecule has 0 bridgehead atoms. The van der Waals surface area contributed by atoms with Crippen LogP contribution >= 0.6 is 0 Å². The molecule has 15 heavy (non-hydrogen) atoms. The molecular formula is C15H28. The monoisotopic (exact) mass is 208 g/mol. The van der Waals surface area contributed by atoms with Crippen LogP contribution in [0.5, 0.6) is 0 Å². The molecule has 3 atom stereocenters. The first-order valence-corrected chi connectivity index (χ1v) is 6.63. The van der Waals surface area contributed by atoms with Crippen molar-refractivity contribution < 1.29 is 0 Å². The van der Waals surface area contributed by atoms with Gasteiger partial charge in [-0.15, -0.1) is 6.58 Å². The molecule has 88 valence electrons. The molecule has 0 nitrogen and oxygen atoms in total. The van der Waals surface area contributed by atoms with Crippen molar-refractivity contribution >= 4 is 0 Å². The summed E-state index contributed by atoms with van der Waals surface area (Å²) in [5.74, 6) is 2.70. The third kappa shape index (κ3) is 2.65. The molecule has 1 saturated carbocycles. The molecule has 0 aliphatic heterocycles. The SMILES string of the molecule is C=CCCCC1(C)C(C)CCC1C(C)C. The van der Waals surface area contributed by atoms with Crippen LogP contribution in [0, 0.1) is 23.2 Å². The quantitative estimate of drug-likeness (QED) is 0.438. The maximum Gasteiger partial charge on any atom is -0.0269 e. The zero-order valence-corrected chi connectivity index (χ0v) is 11.1. The minimum absolute atomic E-state index is 0.594. The normalized spacial score (nSPS) is 36.1.